The molecule has 2 aliphatic rings. The minimum atomic E-state index is -1.04. The van der Waals surface area contributed by atoms with Gasteiger partial charge in [0.25, 0.3) is 0 Å². The lowest BCUT2D eigenvalue weighted by Gasteiger charge is -2.31. The first-order valence-corrected chi connectivity index (χ1v) is 11.9. The molecule has 5 nitrogen and oxygen atoms in total. The number of carboxylic acid groups (broad SMARTS) is 1. The topological polar surface area (TPSA) is 71.7 Å². The summed E-state index contributed by atoms with van der Waals surface area (Å²) in [6, 6.07) is 5.80. The Kier molecular flexibility index (Phi) is 6.16. The van der Waals surface area contributed by atoms with Crippen molar-refractivity contribution in [3.8, 4) is 11.4 Å². The molecule has 3 atom stereocenters. The first-order valence-electron chi connectivity index (χ1n) is 11.9. The first kappa shape index (κ1) is 24.2. The van der Waals surface area contributed by atoms with Gasteiger partial charge in [-0.2, -0.15) is 0 Å². The third-order valence-electron chi connectivity index (χ3n) is 7.48. The highest BCUT2D eigenvalue weighted by Crippen LogP contribution is 2.49. The zero-order chi connectivity index (χ0) is 25.7. The molecule has 0 amide bonds. The lowest BCUT2D eigenvalue weighted by molar-refractivity contribution is -0.132. The molecule has 0 radical (unpaired) electrons. The van der Waals surface area contributed by atoms with E-state index < -0.39 is 23.4 Å². The second-order valence-corrected chi connectivity index (χ2v) is 9.54. The molecule has 188 valence electrons. The van der Waals surface area contributed by atoms with Crippen LogP contribution in [0.3, 0.4) is 0 Å². The molecule has 3 aromatic rings. The van der Waals surface area contributed by atoms with Gasteiger partial charge in [0.1, 0.15) is 11.6 Å². The number of rotatable bonds is 4. The van der Waals surface area contributed by atoms with E-state index in [4.69, 9.17) is 4.74 Å². The van der Waals surface area contributed by atoms with Gasteiger partial charge in [-0.15, -0.1) is 0 Å². The van der Waals surface area contributed by atoms with Crippen molar-refractivity contribution < 1.29 is 32.9 Å². The van der Waals surface area contributed by atoms with E-state index in [1.807, 2.05) is 6.92 Å². The molecular formula is C28H26F3NO4. The molecular weight excluding hydrogens is 471 g/mol. The summed E-state index contributed by atoms with van der Waals surface area (Å²) in [7, 11) is 0. The minimum absolute atomic E-state index is 0.164. The number of carboxylic acids is 1. The van der Waals surface area contributed by atoms with E-state index in [1.54, 1.807) is 23.6 Å². The molecule has 1 aliphatic heterocycles. The molecule has 2 unspecified atom stereocenters. The maximum absolute atomic E-state index is 14.6. The molecule has 1 aromatic heterocycles. The number of aromatic hydroxyl groups is 1. The number of hydrogen-bond donors (Lipinski definition) is 2. The van der Waals surface area contributed by atoms with Crippen LogP contribution in [0.25, 0.3) is 16.6 Å². The lowest BCUT2D eigenvalue weighted by Crippen LogP contribution is -2.23. The number of phenolic OH excluding ortho intramolecular Hbond substituents is 1. The highest BCUT2D eigenvalue weighted by atomic mass is 19.2. The Labute approximate surface area is 206 Å². The Hall–Kier alpha value is -3.52. The van der Waals surface area contributed by atoms with Gasteiger partial charge in [0.15, 0.2) is 11.6 Å². The number of aromatic nitrogens is 1. The van der Waals surface area contributed by atoms with Crippen LogP contribution in [0.15, 0.2) is 53.6 Å². The first-order chi connectivity index (χ1) is 17.2. The van der Waals surface area contributed by atoms with E-state index in [0.29, 0.717) is 46.6 Å². The summed E-state index contributed by atoms with van der Waals surface area (Å²) < 4.78 is 50.3. The van der Waals surface area contributed by atoms with Crippen LogP contribution in [-0.2, 0) is 9.53 Å². The third kappa shape index (κ3) is 3.89. The highest BCUT2D eigenvalue weighted by Gasteiger charge is 2.36. The van der Waals surface area contributed by atoms with Crippen molar-refractivity contribution in [2.24, 2.45) is 5.92 Å². The van der Waals surface area contributed by atoms with Gasteiger partial charge in [-0.05, 0) is 49.4 Å². The quantitative estimate of drug-likeness (QED) is 0.441. The minimum Gasteiger partial charge on any atom is -0.507 e. The Bertz CT molecular complexity index is 1430. The van der Waals surface area contributed by atoms with E-state index in [0.717, 1.165) is 31.0 Å². The van der Waals surface area contributed by atoms with Gasteiger partial charge in [-0.25, -0.2) is 18.0 Å². The molecule has 0 bridgehead atoms. The molecule has 36 heavy (non-hydrogen) atoms. The van der Waals surface area contributed by atoms with E-state index >= 15 is 0 Å². The Morgan fingerprint density at radius 3 is 2.58 bits per heavy atom. The largest absolute Gasteiger partial charge is 0.507 e. The standard InChI is InChI=1S/C28H26F3NO4/c1-14-15(2)20(28(34)35)7-6-19(14)25-26-23(10-17(29)11-24(26)33)32(18-5-8-21(30)22(31)12-18)27(25)16-4-3-9-36-13-16/h5-8,10-12,14,16,19,33H,3-4,9,13H2,1-2H3,(H,34,35)/t14?,16-,19?/m1/s1. The van der Waals surface area contributed by atoms with Crippen LogP contribution >= 0.6 is 0 Å². The van der Waals surface area contributed by atoms with Crippen LogP contribution in [0.4, 0.5) is 13.2 Å². The van der Waals surface area contributed by atoms with Gasteiger partial charge in [0.05, 0.1) is 17.7 Å². The SMILES string of the molecule is CC1=C(C(=O)O)C=CC(c2c([C@@H]3CCCOC3)n(-c3ccc(F)c(F)c3)c3cc(F)cc(O)c23)C1C. The lowest BCUT2D eigenvalue weighted by atomic mass is 9.75. The van der Waals surface area contributed by atoms with Gasteiger partial charge in [-0.1, -0.05) is 24.6 Å². The number of benzene rings is 2. The monoisotopic (exact) mass is 497 g/mol. The van der Waals surface area contributed by atoms with E-state index in [1.165, 1.54) is 12.1 Å². The van der Waals surface area contributed by atoms with Crippen molar-refractivity contribution >= 4 is 16.9 Å². The smallest absolute Gasteiger partial charge is 0.335 e. The zero-order valence-corrected chi connectivity index (χ0v) is 19.9. The van der Waals surface area contributed by atoms with Gasteiger partial charge >= 0.3 is 5.97 Å². The fourth-order valence-electron chi connectivity index (χ4n) is 5.61. The predicted molar refractivity (Wildman–Crippen MR) is 129 cm³/mol. The van der Waals surface area contributed by atoms with E-state index in [9.17, 15) is 28.2 Å². The Morgan fingerprint density at radius 2 is 1.92 bits per heavy atom. The van der Waals surface area contributed by atoms with Crippen molar-refractivity contribution in [1.29, 1.82) is 0 Å². The molecule has 1 saturated heterocycles. The Morgan fingerprint density at radius 1 is 1.14 bits per heavy atom. The number of halogens is 3. The molecule has 1 fully saturated rings. The van der Waals surface area contributed by atoms with Crippen LogP contribution in [0, 0.1) is 23.4 Å². The highest BCUT2D eigenvalue weighted by molar-refractivity contribution is 5.95. The number of fused-ring (bicyclic) bond motifs is 1. The van der Waals surface area contributed by atoms with Crippen LogP contribution in [0.1, 0.15) is 49.8 Å². The number of ether oxygens (including phenoxy) is 1. The van der Waals surface area contributed by atoms with E-state index in [-0.39, 0.29) is 29.1 Å². The second kappa shape index (κ2) is 9.17. The van der Waals surface area contributed by atoms with Crippen molar-refractivity contribution in [1.82, 2.24) is 4.57 Å². The van der Waals surface area contributed by atoms with E-state index in [2.05, 4.69) is 0 Å². The number of hydrogen-bond acceptors (Lipinski definition) is 3. The van der Waals surface area contributed by atoms with Crippen LogP contribution in [-0.4, -0.2) is 34.0 Å². The van der Waals surface area contributed by atoms with Crippen LogP contribution < -0.4 is 0 Å². The third-order valence-corrected chi connectivity index (χ3v) is 7.48. The molecule has 1 aliphatic carbocycles. The maximum atomic E-state index is 14.6. The molecule has 5 rings (SSSR count). The van der Waals surface area contributed by atoms with Gasteiger partial charge in [0, 0.05) is 47.3 Å². The second-order valence-electron chi connectivity index (χ2n) is 9.54. The summed E-state index contributed by atoms with van der Waals surface area (Å²) >= 11 is 0. The van der Waals surface area contributed by atoms with Crippen LogP contribution in [0.5, 0.6) is 5.75 Å². The Balaban J connectivity index is 1.86. The predicted octanol–water partition coefficient (Wildman–Crippen LogP) is 6.34. The zero-order valence-electron chi connectivity index (χ0n) is 19.9. The molecule has 0 spiro atoms. The molecule has 2 N–H and O–H groups in total. The van der Waals surface area contributed by atoms with Gasteiger partial charge in [0.2, 0.25) is 0 Å². The summed E-state index contributed by atoms with van der Waals surface area (Å²) in [4.78, 5) is 11.7. The van der Waals surface area contributed by atoms with Crippen molar-refractivity contribution in [2.45, 2.75) is 38.5 Å². The number of aliphatic carboxylic acids is 1. The van der Waals surface area contributed by atoms with Crippen LogP contribution in [0.2, 0.25) is 0 Å². The summed E-state index contributed by atoms with van der Waals surface area (Å²) in [5.41, 5.74) is 2.92. The average Bonchev–Trinajstić information content (AvgIpc) is 3.18. The van der Waals surface area contributed by atoms with Crippen molar-refractivity contribution in [3.05, 3.63) is 82.3 Å². The van der Waals surface area contributed by atoms with Gasteiger partial charge < -0.3 is 19.5 Å². The number of allylic oxidation sites excluding steroid dienone is 2. The molecule has 2 aromatic carbocycles. The fraction of sp³-hybridized carbons (Fsp3) is 0.321. The summed E-state index contributed by atoms with van der Waals surface area (Å²) in [6.45, 7) is 4.65. The number of nitrogens with zero attached hydrogens (tertiary/aromatic N) is 1. The average molecular weight is 498 g/mol. The molecule has 0 saturated carbocycles. The van der Waals surface area contributed by atoms with Gasteiger partial charge in [-0.3, -0.25) is 0 Å². The number of phenols is 1. The normalized spacial score (nSPS) is 22.4. The summed E-state index contributed by atoms with van der Waals surface area (Å²) in [5, 5.41) is 21.0. The maximum Gasteiger partial charge on any atom is 0.335 e. The fourth-order valence-corrected chi connectivity index (χ4v) is 5.61. The molecule has 8 heteroatoms. The summed E-state index contributed by atoms with van der Waals surface area (Å²) in [5.74, 6) is -4.78. The van der Waals surface area contributed by atoms with Crippen molar-refractivity contribution in [2.75, 3.05) is 13.2 Å². The summed E-state index contributed by atoms with van der Waals surface area (Å²) in [6.07, 6.45) is 4.88. The number of carbonyl (C=O) groups is 1. The molecule has 2 heterocycles. The van der Waals surface area contributed by atoms with Crippen molar-refractivity contribution in [3.63, 3.8) is 0 Å².